The van der Waals surface area contributed by atoms with E-state index in [9.17, 15) is 4.79 Å². The summed E-state index contributed by atoms with van der Waals surface area (Å²) in [4.78, 5) is 10.8. The molecule has 0 aliphatic rings. The molecule has 1 N–H and O–H groups in total. The van der Waals surface area contributed by atoms with Crippen LogP contribution < -0.4 is 10.1 Å². The molecule has 0 heterocycles. The lowest BCUT2D eigenvalue weighted by atomic mass is 10.2. The highest BCUT2D eigenvalue weighted by atomic mass is 16.5. The molecule has 0 radical (unpaired) electrons. The van der Waals surface area contributed by atoms with Crippen LogP contribution in [0.25, 0.3) is 0 Å². The zero-order valence-electron chi connectivity index (χ0n) is 10.2. The number of hydrogen-bond acceptors (Lipinski definition) is 2. The van der Waals surface area contributed by atoms with Gasteiger partial charge in [-0.05, 0) is 38.0 Å². The molecule has 1 rings (SSSR count). The molecule has 0 atom stereocenters. The summed E-state index contributed by atoms with van der Waals surface area (Å²) in [6.45, 7) is 6.78. The minimum Gasteiger partial charge on any atom is -0.494 e. The third-order valence-electron chi connectivity index (χ3n) is 2.35. The Kier molecular flexibility index (Phi) is 5.86. The van der Waals surface area contributed by atoms with Crippen LogP contribution in [0.5, 0.6) is 5.75 Å². The molecule has 17 heavy (non-hydrogen) atoms. The predicted octanol–water partition coefficient (Wildman–Crippen LogP) is 2.46. The van der Waals surface area contributed by atoms with Gasteiger partial charge in [0.15, 0.2) is 0 Å². The Balaban J connectivity index is 2.06. The Morgan fingerprint density at radius 2 is 2.06 bits per heavy atom. The van der Waals surface area contributed by atoms with Gasteiger partial charge in [0.05, 0.1) is 6.61 Å². The molecule has 1 aromatic rings. The molecule has 1 aromatic carbocycles. The molecular weight excluding hydrogens is 214 g/mol. The van der Waals surface area contributed by atoms with Crippen molar-refractivity contribution in [2.24, 2.45) is 0 Å². The van der Waals surface area contributed by atoms with E-state index in [1.807, 2.05) is 31.2 Å². The Labute approximate surface area is 102 Å². The minimum absolute atomic E-state index is 0.121. The largest absolute Gasteiger partial charge is 0.494 e. The molecule has 1 amide bonds. The Morgan fingerprint density at radius 3 is 2.71 bits per heavy atom. The molecule has 3 heteroatoms. The first-order valence-electron chi connectivity index (χ1n) is 5.82. The molecule has 0 bridgehead atoms. The van der Waals surface area contributed by atoms with Crippen molar-refractivity contribution in [3.63, 3.8) is 0 Å². The lowest BCUT2D eigenvalue weighted by molar-refractivity contribution is -0.116. The highest BCUT2D eigenvalue weighted by molar-refractivity contribution is 5.86. The normalized spacial score (nSPS) is 9.71. The Hall–Kier alpha value is -1.77. The van der Waals surface area contributed by atoms with Gasteiger partial charge in [0, 0.05) is 6.54 Å². The third-order valence-corrected chi connectivity index (χ3v) is 2.35. The lowest BCUT2D eigenvalue weighted by Crippen LogP contribution is -2.22. The molecule has 0 spiro atoms. The van der Waals surface area contributed by atoms with Crippen LogP contribution in [0.15, 0.2) is 36.9 Å². The summed E-state index contributed by atoms with van der Waals surface area (Å²) < 4.78 is 5.56. The van der Waals surface area contributed by atoms with Gasteiger partial charge in [-0.2, -0.15) is 0 Å². The second-order valence-electron chi connectivity index (χ2n) is 3.86. The SMILES string of the molecule is C=CC(=O)NCCCCOc1ccc(C)cc1. The topological polar surface area (TPSA) is 38.3 Å². The fraction of sp³-hybridized carbons (Fsp3) is 0.357. The van der Waals surface area contributed by atoms with Crippen LogP contribution in [0.3, 0.4) is 0 Å². The number of benzene rings is 1. The van der Waals surface area contributed by atoms with Crippen molar-refractivity contribution in [1.29, 1.82) is 0 Å². The van der Waals surface area contributed by atoms with Crippen LogP contribution in [-0.2, 0) is 4.79 Å². The fourth-order valence-electron chi connectivity index (χ4n) is 1.34. The average Bonchev–Trinajstić information content (AvgIpc) is 2.35. The van der Waals surface area contributed by atoms with Crippen LogP contribution in [0.2, 0.25) is 0 Å². The van der Waals surface area contributed by atoms with Crippen LogP contribution >= 0.6 is 0 Å². The summed E-state index contributed by atoms with van der Waals surface area (Å²) in [5.74, 6) is 0.773. The second kappa shape index (κ2) is 7.49. The van der Waals surface area contributed by atoms with Crippen LogP contribution in [0.4, 0.5) is 0 Å². The maximum absolute atomic E-state index is 10.8. The van der Waals surface area contributed by atoms with Gasteiger partial charge in [-0.15, -0.1) is 0 Å². The van der Waals surface area contributed by atoms with Gasteiger partial charge in [-0.25, -0.2) is 0 Å². The number of carbonyl (C=O) groups is 1. The van der Waals surface area contributed by atoms with Crippen molar-refractivity contribution in [2.75, 3.05) is 13.2 Å². The highest BCUT2D eigenvalue weighted by Crippen LogP contribution is 2.11. The van der Waals surface area contributed by atoms with E-state index in [0.717, 1.165) is 18.6 Å². The molecular formula is C14H19NO2. The summed E-state index contributed by atoms with van der Waals surface area (Å²) in [6.07, 6.45) is 3.11. The Morgan fingerprint density at radius 1 is 1.35 bits per heavy atom. The smallest absolute Gasteiger partial charge is 0.243 e. The van der Waals surface area contributed by atoms with E-state index in [1.54, 1.807) is 0 Å². The molecule has 0 saturated heterocycles. The number of rotatable bonds is 7. The van der Waals surface area contributed by atoms with E-state index >= 15 is 0 Å². The predicted molar refractivity (Wildman–Crippen MR) is 69.1 cm³/mol. The molecule has 0 unspecified atom stereocenters. The van der Waals surface area contributed by atoms with E-state index in [4.69, 9.17) is 4.74 Å². The first-order chi connectivity index (χ1) is 8.22. The lowest BCUT2D eigenvalue weighted by Gasteiger charge is -2.06. The number of nitrogens with one attached hydrogen (secondary N) is 1. The third kappa shape index (κ3) is 5.76. The first-order valence-corrected chi connectivity index (χ1v) is 5.82. The molecule has 92 valence electrons. The summed E-state index contributed by atoms with van der Waals surface area (Å²) in [6, 6.07) is 7.99. The first kappa shape index (κ1) is 13.3. The van der Waals surface area contributed by atoms with E-state index in [2.05, 4.69) is 11.9 Å². The summed E-state index contributed by atoms with van der Waals surface area (Å²) in [5, 5.41) is 2.73. The molecule has 3 nitrogen and oxygen atoms in total. The van der Waals surface area contributed by atoms with Gasteiger partial charge in [0.2, 0.25) is 5.91 Å². The average molecular weight is 233 g/mol. The van der Waals surface area contributed by atoms with Gasteiger partial charge in [-0.3, -0.25) is 4.79 Å². The molecule has 0 aliphatic heterocycles. The molecule has 0 saturated carbocycles. The highest BCUT2D eigenvalue weighted by Gasteiger charge is 1.95. The van der Waals surface area contributed by atoms with Crippen LogP contribution in [-0.4, -0.2) is 19.1 Å². The maximum Gasteiger partial charge on any atom is 0.243 e. The van der Waals surface area contributed by atoms with Gasteiger partial charge in [-0.1, -0.05) is 24.3 Å². The zero-order chi connectivity index (χ0) is 12.5. The van der Waals surface area contributed by atoms with Crippen LogP contribution in [0.1, 0.15) is 18.4 Å². The van der Waals surface area contributed by atoms with Crippen molar-refractivity contribution < 1.29 is 9.53 Å². The second-order valence-corrected chi connectivity index (χ2v) is 3.86. The molecule has 0 aliphatic carbocycles. The van der Waals surface area contributed by atoms with Gasteiger partial charge in [0.25, 0.3) is 0 Å². The summed E-state index contributed by atoms with van der Waals surface area (Å²) in [5.41, 5.74) is 1.23. The minimum atomic E-state index is -0.121. The number of unbranched alkanes of at least 4 members (excludes halogenated alkanes) is 1. The number of aryl methyl sites for hydroxylation is 1. The summed E-state index contributed by atoms with van der Waals surface area (Å²) >= 11 is 0. The fourth-order valence-corrected chi connectivity index (χ4v) is 1.34. The number of ether oxygens (including phenoxy) is 1. The Bertz CT molecular complexity index is 357. The van der Waals surface area contributed by atoms with Crippen molar-refractivity contribution in [3.05, 3.63) is 42.5 Å². The summed E-state index contributed by atoms with van der Waals surface area (Å²) in [7, 11) is 0. The molecule has 0 aromatic heterocycles. The van der Waals surface area contributed by atoms with Gasteiger partial charge >= 0.3 is 0 Å². The van der Waals surface area contributed by atoms with Crippen molar-refractivity contribution in [1.82, 2.24) is 5.32 Å². The quantitative estimate of drug-likeness (QED) is 0.580. The van der Waals surface area contributed by atoms with Gasteiger partial charge < -0.3 is 10.1 Å². The number of amides is 1. The van der Waals surface area contributed by atoms with E-state index < -0.39 is 0 Å². The van der Waals surface area contributed by atoms with Crippen LogP contribution in [0, 0.1) is 6.92 Å². The van der Waals surface area contributed by atoms with E-state index in [-0.39, 0.29) is 5.91 Å². The number of carbonyl (C=O) groups excluding carboxylic acids is 1. The number of hydrogen-bond donors (Lipinski definition) is 1. The standard InChI is InChI=1S/C14H19NO2/c1-3-14(16)15-10-4-5-11-17-13-8-6-12(2)7-9-13/h3,6-9H,1,4-5,10-11H2,2H3,(H,15,16). The van der Waals surface area contributed by atoms with Crippen molar-refractivity contribution in [3.8, 4) is 5.75 Å². The monoisotopic (exact) mass is 233 g/mol. The van der Waals surface area contributed by atoms with Crippen molar-refractivity contribution in [2.45, 2.75) is 19.8 Å². The maximum atomic E-state index is 10.8. The van der Waals surface area contributed by atoms with Gasteiger partial charge in [0.1, 0.15) is 5.75 Å². The van der Waals surface area contributed by atoms with E-state index in [1.165, 1.54) is 11.6 Å². The van der Waals surface area contributed by atoms with Crippen molar-refractivity contribution >= 4 is 5.91 Å². The van der Waals surface area contributed by atoms with E-state index in [0.29, 0.717) is 13.2 Å². The zero-order valence-corrected chi connectivity index (χ0v) is 10.2. The molecule has 0 fully saturated rings.